The third-order valence-electron chi connectivity index (χ3n) is 3.61. The van der Waals surface area contributed by atoms with Crippen molar-refractivity contribution in [3.63, 3.8) is 0 Å². The summed E-state index contributed by atoms with van der Waals surface area (Å²) in [6.07, 6.45) is 2.82. The Hall–Kier alpha value is -1.07. The SMILES string of the molecule is CCNc1ncc(Cl)c(N2CCN(C)C(CC)C2)n1. The summed E-state index contributed by atoms with van der Waals surface area (Å²) in [5.41, 5.74) is 0. The third kappa shape index (κ3) is 3.28. The molecule has 2 rings (SSSR count). The maximum atomic E-state index is 6.25. The van der Waals surface area contributed by atoms with Gasteiger partial charge < -0.3 is 10.2 Å². The second-order valence-corrected chi connectivity index (χ2v) is 5.29. The molecule has 19 heavy (non-hydrogen) atoms. The number of aromatic nitrogens is 2. The lowest BCUT2D eigenvalue weighted by Crippen LogP contribution is -2.51. The Morgan fingerprint density at radius 2 is 2.21 bits per heavy atom. The van der Waals surface area contributed by atoms with Crippen LogP contribution in [-0.4, -0.2) is 54.1 Å². The van der Waals surface area contributed by atoms with Crippen molar-refractivity contribution in [3.8, 4) is 0 Å². The Balaban J connectivity index is 2.18. The van der Waals surface area contributed by atoms with Crippen LogP contribution in [0.5, 0.6) is 0 Å². The largest absolute Gasteiger partial charge is 0.354 e. The van der Waals surface area contributed by atoms with Gasteiger partial charge in [0.1, 0.15) is 5.02 Å². The number of anilines is 2. The molecule has 0 radical (unpaired) electrons. The highest BCUT2D eigenvalue weighted by molar-refractivity contribution is 6.32. The van der Waals surface area contributed by atoms with E-state index in [1.807, 2.05) is 6.92 Å². The Bertz CT molecular complexity index is 425. The number of hydrogen-bond acceptors (Lipinski definition) is 5. The van der Waals surface area contributed by atoms with E-state index in [-0.39, 0.29) is 0 Å². The van der Waals surface area contributed by atoms with Crippen molar-refractivity contribution in [1.29, 1.82) is 0 Å². The summed E-state index contributed by atoms with van der Waals surface area (Å²) in [7, 11) is 2.18. The van der Waals surface area contributed by atoms with Crippen molar-refractivity contribution in [2.24, 2.45) is 0 Å². The molecule has 0 saturated carbocycles. The zero-order valence-electron chi connectivity index (χ0n) is 11.9. The Labute approximate surface area is 120 Å². The summed E-state index contributed by atoms with van der Waals surface area (Å²) in [6.45, 7) is 8.01. The summed E-state index contributed by atoms with van der Waals surface area (Å²) in [6, 6.07) is 0.558. The van der Waals surface area contributed by atoms with Gasteiger partial charge in [0.05, 0.1) is 6.20 Å². The van der Waals surface area contributed by atoms with Crippen LogP contribution < -0.4 is 10.2 Å². The van der Waals surface area contributed by atoms with E-state index in [0.717, 1.165) is 38.4 Å². The minimum Gasteiger partial charge on any atom is -0.354 e. The van der Waals surface area contributed by atoms with E-state index in [4.69, 9.17) is 11.6 Å². The fraction of sp³-hybridized carbons (Fsp3) is 0.692. The summed E-state index contributed by atoms with van der Waals surface area (Å²) in [4.78, 5) is 13.4. The molecule has 6 heteroatoms. The number of nitrogens with one attached hydrogen (secondary N) is 1. The molecule has 0 aliphatic carbocycles. The molecule has 1 aromatic heterocycles. The lowest BCUT2D eigenvalue weighted by atomic mass is 10.1. The molecule has 0 aromatic carbocycles. The number of hydrogen-bond donors (Lipinski definition) is 1. The molecule has 1 aliphatic heterocycles. The fourth-order valence-corrected chi connectivity index (χ4v) is 2.61. The number of nitrogens with zero attached hydrogens (tertiary/aromatic N) is 4. The number of rotatable bonds is 4. The van der Waals surface area contributed by atoms with Crippen LogP contribution in [0.1, 0.15) is 20.3 Å². The van der Waals surface area contributed by atoms with E-state index >= 15 is 0 Å². The molecule has 1 saturated heterocycles. The second-order valence-electron chi connectivity index (χ2n) is 4.88. The average Bonchev–Trinajstić information content (AvgIpc) is 2.42. The first-order valence-corrected chi connectivity index (χ1v) is 7.25. The molecule has 1 aromatic rings. The van der Waals surface area contributed by atoms with E-state index in [0.29, 0.717) is 17.0 Å². The van der Waals surface area contributed by atoms with Crippen LogP contribution in [0.3, 0.4) is 0 Å². The van der Waals surface area contributed by atoms with Crippen LogP contribution in [0.25, 0.3) is 0 Å². The number of halogens is 1. The van der Waals surface area contributed by atoms with Gasteiger partial charge in [-0.2, -0.15) is 4.98 Å². The first-order chi connectivity index (χ1) is 9.15. The molecule has 2 heterocycles. The van der Waals surface area contributed by atoms with Gasteiger partial charge in [0.25, 0.3) is 0 Å². The van der Waals surface area contributed by atoms with Crippen molar-refractivity contribution in [3.05, 3.63) is 11.2 Å². The predicted octanol–water partition coefficient (Wildman–Crippen LogP) is 2.09. The van der Waals surface area contributed by atoms with Gasteiger partial charge in [-0.05, 0) is 20.4 Å². The van der Waals surface area contributed by atoms with Gasteiger partial charge in [-0.3, -0.25) is 4.90 Å². The summed E-state index contributed by atoms with van der Waals surface area (Å²) in [5, 5.41) is 3.76. The van der Waals surface area contributed by atoms with E-state index < -0.39 is 0 Å². The zero-order valence-corrected chi connectivity index (χ0v) is 12.6. The van der Waals surface area contributed by atoms with Crippen LogP contribution >= 0.6 is 11.6 Å². The summed E-state index contributed by atoms with van der Waals surface area (Å²) in [5.74, 6) is 1.49. The van der Waals surface area contributed by atoms with Gasteiger partial charge in [-0.15, -0.1) is 0 Å². The van der Waals surface area contributed by atoms with Crippen LogP contribution in [0.2, 0.25) is 5.02 Å². The molecule has 106 valence electrons. The lowest BCUT2D eigenvalue weighted by molar-refractivity contribution is 0.213. The van der Waals surface area contributed by atoms with E-state index in [1.165, 1.54) is 0 Å². The molecular weight excluding hydrogens is 262 g/mol. The van der Waals surface area contributed by atoms with E-state index in [2.05, 4.69) is 39.1 Å². The van der Waals surface area contributed by atoms with Gasteiger partial charge in [-0.1, -0.05) is 18.5 Å². The van der Waals surface area contributed by atoms with Crippen molar-refractivity contribution < 1.29 is 0 Å². The molecule has 1 fully saturated rings. The van der Waals surface area contributed by atoms with Crippen molar-refractivity contribution in [1.82, 2.24) is 14.9 Å². The van der Waals surface area contributed by atoms with Crippen LogP contribution in [0.4, 0.5) is 11.8 Å². The molecule has 1 atom stereocenters. The Morgan fingerprint density at radius 1 is 1.42 bits per heavy atom. The first-order valence-electron chi connectivity index (χ1n) is 6.87. The predicted molar refractivity (Wildman–Crippen MR) is 80.1 cm³/mol. The standard InChI is InChI=1S/C13H22ClN5/c1-4-10-9-19(7-6-18(10)3)12-11(14)8-16-13(17-12)15-5-2/h8,10H,4-7,9H2,1-3H3,(H,15,16,17). The van der Waals surface area contributed by atoms with E-state index in [9.17, 15) is 0 Å². The zero-order chi connectivity index (χ0) is 13.8. The lowest BCUT2D eigenvalue weighted by Gasteiger charge is -2.39. The molecule has 1 aliphatic rings. The maximum absolute atomic E-state index is 6.25. The van der Waals surface area contributed by atoms with Gasteiger partial charge in [0.2, 0.25) is 5.95 Å². The van der Waals surface area contributed by atoms with Gasteiger partial charge in [-0.25, -0.2) is 4.98 Å². The van der Waals surface area contributed by atoms with Crippen molar-refractivity contribution >= 4 is 23.4 Å². The molecular formula is C13H22ClN5. The van der Waals surface area contributed by atoms with E-state index in [1.54, 1.807) is 6.20 Å². The minimum atomic E-state index is 0.558. The molecule has 1 N–H and O–H groups in total. The minimum absolute atomic E-state index is 0.558. The monoisotopic (exact) mass is 283 g/mol. The van der Waals surface area contributed by atoms with Crippen LogP contribution in [0.15, 0.2) is 6.20 Å². The molecule has 0 bridgehead atoms. The van der Waals surface area contributed by atoms with Gasteiger partial charge in [0, 0.05) is 32.2 Å². The Morgan fingerprint density at radius 3 is 2.89 bits per heavy atom. The highest BCUT2D eigenvalue weighted by atomic mass is 35.5. The fourth-order valence-electron chi connectivity index (χ4n) is 2.40. The molecule has 0 amide bonds. The molecule has 1 unspecified atom stereocenters. The quantitative estimate of drug-likeness (QED) is 0.917. The second kappa shape index (κ2) is 6.39. The summed E-state index contributed by atoms with van der Waals surface area (Å²) < 4.78 is 0. The number of piperazine rings is 1. The smallest absolute Gasteiger partial charge is 0.224 e. The van der Waals surface area contributed by atoms with Gasteiger partial charge in [0.15, 0.2) is 5.82 Å². The first kappa shape index (κ1) is 14.3. The Kier molecular flexibility index (Phi) is 4.82. The summed E-state index contributed by atoms with van der Waals surface area (Å²) >= 11 is 6.25. The highest BCUT2D eigenvalue weighted by Crippen LogP contribution is 2.26. The third-order valence-corrected chi connectivity index (χ3v) is 3.87. The number of likely N-dealkylation sites (N-methyl/N-ethyl adjacent to an activating group) is 1. The van der Waals surface area contributed by atoms with Crippen LogP contribution in [-0.2, 0) is 0 Å². The van der Waals surface area contributed by atoms with Gasteiger partial charge >= 0.3 is 0 Å². The van der Waals surface area contributed by atoms with Crippen molar-refractivity contribution in [2.45, 2.75) is 26.3 Å². The molecule has 5 nitrogen and oxygen atoms in total. The average molecular weight is 284 g/mol. The van der Waals surface area contributed by atoms with Crippen molar-refractivity contribution in [2.75, 3.05) is 43.4 Å². The van der Waals surface area contributed by atoms with Crippen LogP contribution in [0, 0.1) is 0 Å². The maximum Gasteiger partial charge on any atom is 0.224 e. The normalized spacial score (nSPS) is 20.6. The molecule has 0 spiro atoms. The highest BCUT2D eigenvalue weighted by Gasteiger charge is 2.25. The topological polar surface area (TPSA) is 44.3 Å².